The molecule has 0 bridgehead atoms. The fraction of sp³-hybridized carbons (Fsp3) is 0.357. The van der Waals surface area contributed by atoms with E-state index in [1.807, 2.05) is 18.2 Å². The molecule has 0 aliphatic carbocycles. The normalized spacial score (nSPS) is 11.3. The highest BCUT2D eigenvalue weighted by molar-refractivity contribution is 9.18. The topological polar surface area (TPSA) is 65.0 Å². The average molecular weight is 342 g/mol. The molecule has 0 heterocycles. The second kappa shape index (κ2) is 8.47. The van der Waals surface area contributed by atoms with Gasteiger partial charge in [0.25, 0.3) is 0 Å². The lowest BCUT2D eigenvalue weighted by molar-refractivity contribution is -0.157. The van der Waals surface area contributed by atoms with Gasteiger partial charge in [-0.2, -0.15) is 0 Å². The van der Waals surface area contributed by atoms with Crippen LogP contribution in [0.3, 0.4) is 0 Å². The number of ether oxygens (including phenoxy) is 2. The molecule has 1 aromatic rings. The molecule has 0 fully saturated rings. The second-order valence-corrected chi connectivity index (χ2v) is 4.52. The fourth-order valence-corrected chi connectivity index (χ4v) is 2.01. The van der Waals surface area contributed by atoms with Gasteiger partial charge in [0.15, 0.2) is 0 Å². The predicted octanol–water partition coefficient (Wildman–Crippen LogP) is 2.85. The van der Waals surface area contributed by atoms with Gasteiger partial charge >= 0.3 is 11.9 Å². The summed E-state index contributed by atoms with van der Waals surface area (Å²) >= 11 is 3.17. The van der Waals surface area contributed by atoms with Crippen LogP contribution >= 0.6 is 15.9 Å². The number of aliphatic imine (C=N–C) groups is 1. The van der Waals surface area contributed by atoms with Gasteiger partial charge in [-0.3, -0.25) is 9.59 Å². The molecule has 0 aromatic heterocycles. The minimum absolute atomic E-state index is 0.167. The Labute approximate surface area is 126 Å². The minimum atomic E-state index is -1.20. The molecule has 1 aromatic carbocycles. The highest BCUT2D eigenvalue weighted by atomic mass is 79.9. The number of para-hydroxylation sites is 1. The Morgan fingerprint density at radius 3 is 2.05 bits per heavy atom. The van der Waals surface area contributed by atoms with Crippen LogP contribution in [0.4, 0.5) is 5.69 Å². The number of hydrogen-bond acceptors (Lipinski definition) is 5. The van der Waals surface area contributed by atoms with E-state index in [1.54, 1.807) is 26.0 Å². The molecule has 6 heteroatoms. The Balaban J connectivity index is 3.00. The summed E-state index contributed by atoms with van der Waals surface area (Å²) in [5, 5.41) is 0. The maximum atomic E-state index is 11.9. The van der Waals surface area contributed by atoms with Crippen LogP contribution in [0.2, 0.25) is 0 Å². The van der Waals surface area contributed by atoms with Crippen LogP contribution in [0.1, 0.15) is 13.8 Å². The summed E-state index contributed by atoms with van der Waals surface area (Å²) in [5.41, 5.74) is 0.623. The molecule has 0 unspecified atom stereocenters. The van der Waals surface area contributed by atoms with Crippen molar-refractivity contribution in [3.63, 3.8) is 0 Å². The van der Waals surface area contributed by atoms with Crippen LogP contribution in [0, 0.1) is 5.92 Å². The van der Waals surface area contributed by atoms with Crippen molar-refractivity contribution in [1.82, 2.24) is 0 Å². The van der Waals surface area contributed by atoms with Crippen LogP contribution in [0.25, 0.3) is 0 Å². The molecule has 0 aliphatic rings. The Morgan fingerprint density at radius 1 is 1.10 bits per heavy atom. The molecule has 108 valence electrons. The summed E-state index contributed by atoms with van der Waals surface area (Å²) < 4.78 is 9.93. The smallest absolute Gasteiger partial charge is 0.327 e. The van der Waals surface area contributed by atoms with Gasteiger partial charge in [-0.1, -0.05) is 18.2 Å². The first-order valence-corrected chi connectivity index (χ1v) is 7.01. The zero-order chi connectivity index (χ0) is 15.0. The third-order valence-corrected chi connectivity index (χ3v) is 2.91. The van der Waals surface area contributed by atoms with Crippen molar-refractivity contribution >= 4 is 38.2 Å². The number of carbonyl (C=O) groups is 2. The van der Waals surface area contributed by atoms with Crippen molar-refractivity contribution in [2.75, 3.05) is 13.2 Å². The molecule has 0 amide bonds. The van der Waals surface area contributed by atoms with E-state index in [4.69, 9.17) is 9.47 Å². The molecule has 20 heavy (non-hydrogen) atoms. The number of carbonyl (C=O) groups excluding carboxylic acids is 2. The number of halogens is 1. The Morgan fingerprint density at radius 2 is 1.60 bits per heavy atom. The van der Waals surface area contributed by atoms with Crippen LogP contribution in [0.5, 0.6) is 0 Å². The van der Waals surface area contributed by atoms with Gasteiger partial charge in [0.1, 0.15) is 4.62 Å². The first kappa shape index (κ1) is 16.4. The Hall–Kier alpha value is -1.69. The first-order valence-electron chi connectivity index (χ1n) is 6.22. The lowest BCUT2D eigenvalue weighted by atomic mass is 10.1. The number of nitrogens with zero attached hydrogens (tertiary/aromatic N) is 1. The highest BCUT2D eigenvalue weighted by Crippen LogP contribution is 2.18. The molecule has 5 nitrogen and oxygen atoms in total. The number of hydrogen-bond donors (Lipinski definition) is 0. The third-order valence-electron chi connectivity index (χ3n) is 2.27. The Kier molecular flexibility index (Phi) is 6.93. The fourth-order valence-electron chi connectivity index (χ4n) is 1.43. The van der Waals surface area contributed by atoms with Crippen molar-refractivity contribution < 1.29 is 19.1 Å². The standard InChI is InChI=1S/C14H16BrNO4/c1-3-19-13(17)11(14(18)20-4-2)12(15)16-10-8-6-5-7-9-10/h5-9,11H,3-4H2,1-2H3. The highest BCUT2D eigenvalue weighted by Gasteiger charge is 2.33. The molecule has 0 saturated carbocycles. The minimum Gasteiger partial charge on any atom is -0.465 e. The van der Waals surface area contributed by atoms with Gasteiger partial charge in [0, 0.05) is 0 Å². The SMILES string of the molecule is CCOC(=O)C(C(=O)OCC)C(Br)=Nc1ccccc1. The molecule has 0 atom stereocenters. The molecule has 0 saturated heterocycles. The quantitative estimate of drug-likeness (QED) is 0.453. The summed E-state index contributed by atoms with van der Waals surface area (Å²) in [6.45, 7) is 3.70. The van der Waals surface area contributed by atoms with Gasteiger partial charge in [-0.05, 0) is 41.9 Å². The van der Waals surface area contributed by atoms with Gasteiger partial charge in [0.2, 0.25) is 5.92 Å². The summed E-state index contributed by atoms with van der Waals surface area (Å²) in [4.78, 5) is 27.9. The monoisotopic (exact) mass is 341 g/mol. The average Bonchev–Trinajstić information content (AvgIpc) is 2.40. The maximum absolute atomic E-state index is 11.9. The van der Waals surface area contributed by atoms with E-state index >= 15 is 0 Å². The van der Waals surface area contributed by atoms with E-state index in [1.165, 1.54) is 0 Å². The van der Waals surface area contributed by atoms with E-state index in [9.17, 15) is 9.59 Å². The number of rotatable bonds is 6. The van der Waals surface area contributed by atoms with Crippen LogP contribution < -0.4 is 0 Å². The lowest BCUT2D eigenvalue weighted by Crippen LogP contribution is -2.32. The predicted molar refractivity (Wildman–Crippen MR) is 79.2 cm³/mol. The Bertz CT molecular complexity index is 469. The van der Waals surface area contributed by atoms with E-state index in [0.29, 0.717) is 5.69 Å². The van der Waals surface area contributed by atoms with E-state index in [0.717, 1.165) is 0 Å². The van der Waals surface area contributed by atoms with Crippen molar-refractivity contribution in [2.45, 2.75) is 13.8 Å². The van der Waals surface area contributed by atoms with Gasteiger partial charge in [0.05, 0.1) is 18.9 Å². The molecular formula is C14H16BrNO4. The summed E-state index contributed by atoms with van der Waals surface area (Å²) in [5.74, 6) is -2.56. The van der Waals surface area contributed by atoms with Crippen LogP contribution in [-0.4, -0.2) is 29.8 Å². The molecular weight excluding hydrogens is 326 g/mol. The van der Waals surface area contributed by atoms with E-state index in [-0.39, 0.29) is 17.8 Å². The molecule has 0 N–H and O–H groups in total. The largest absolute Gasteiger partial charge is 0.465 e. The van der Waals surface area contributed by atoms with Gasteiger partial charge in [-0.15, -0.1) is 0 Å². The van der Waals surface area contributed by atoms with Gasteiger partial charge < -0.3 is 9.47 Å². The zero-order valence-electron chi connectivity index (χ0n) is 11.3. The van der Waals surface area contributed by atoms with Crippen LogP contribution in [-0.2, 0) is 19.1 Å². The summed E-state index contributed by atoms with van der Waals surface area (Å²) in [6, 6.07) is 8.98. The van der Waals surface area contributed by atoms with Crippen molar-refractivity contribution in [1.29, 1.82) is 0 Å². The molecule has 0 spiro atoms. The molecule has 1 rings (SSSR count). The summed E-state index contributed by atoms with van der Waals surface area (Å²) in [6.07, 6.45) is 0. The lowest BCUT2D eigenvalue weighted by Gasteiger charge is -2.13. The van der Waals surface area contributed by atoms with E-state index < -0.39 is 17.9 Å². The van der Waals surface area contributed by atoms with Crippen molar-refractivity contribution in [3.8, 4) is 0 Å². The van der Waals surface area contributed by atoms with Crippen LogP contribution in [0.15, 0.2) is 35.3 Å². The summed E-state index contributed by atoms with van der Waals surface area (Å²) in [7, 11) is 0. The van der Waals surface area contributed by atoms with Crippen molar-refractivity contribution in [2.24, 2.45) is 10.9 Å². The maximum Gasteiger partial charge on any atom is 0.327 e. The molecule has 0 aliphatic heterocycles. The number of esters is 2. The second-order valence-electron chi connectivity index (χ2n) is 3.71. The van der Waals surface area contributed by atoms with Gasteiger partial charge in [-0.25, -0.2) is 4.99 Å². The zero-order valence-corrected chi connectivity index (χ0v) is 12.9. The van der Waals surface area contributed by atoms with E-state index in [2.05, 4.69) is 20.9 Å². The first-order chi connectivity index (χ1) is 9.60. The third kappa shape index (κ3) is 4.77. The number of benzene rings is 1. The van der Waals surface area contributed by atoms with Crippen molar-refractivity contribution in [3.05, 3.63) is 30.3 Å². The molecule has 0 radical (unpaired) electrons.